The molecular formula is C18H21N5O3S. The maximum atomic E-state index is 12.2. The third-order valence-electron chi connectivity index (χ3n) is 4.50. The van der Waals surface area contributed by atoms with Gasteiger partial charge in [-0.05, 0) is 30.5 Å². The molecule has 0 saturated heterocycles. The zero-order valence-corrected chi connectivity index (χ0v) is 16.1. The average molecular weight is 387 g/mol. The topological polar surface area (TPSA) is 90.6 Å². The van der Waals surface area contributed by atoms with Gasteiger partial charge in [-0.25, -0.2) is 0 Å². The van der Waals surface area contributed by atoms with E-state index in [1.807, 2.05) is 22.7 Å². The van der Waals surface area contributed by atoms with Crippen molar-refractivity contribution in [2.24, 2.45) is 0 Å². The summed E-state index contributed by atoms with van der Waals surface area (Å²) >= 11 is 1.50. The number of nitrogens with one attached hydrogen (secondary N) is 1. The molecule has 1 aliphatic rings. The van der Waals surface area contributed by atoms with Crippen LogP contribution in [0.4, 0.5) is 0 Å². The first-order chi connectivity index (χ1) is 13.2. The standard InChI is InChI=1S/C18H21N5O3S/c1-25-13-6-3-11(9-14(13)26-2)10-19-15(24)7-8-16-22-23-17(12-4-5-12)20-21-18(23)27-16/h3,6,9,12H,4-5,7-8,10H2,1-2H3,(H,19,24). The molecule has 2 heterocycles. The van der Waals surface area contributed by atoms with Crippen LogP contribution in [0.1, 0.15) is 41.6 Å². The summed E-state index contributed by atoms with van der Waals surface area (Å²) in [6.45, 7) is 0.441. The molecule has 1 aromatic carbocycles. The van der Waals surface area contributed by atoms with Crippen molar-refractivity contribution in [2.75, 3.05) is 14.2 Å². The lowest BCUT2D eigenvalue weighted by molar-refractivity contribution is -0.121. The largest absolute Gasteiger partial charge is 0.493 e. The van der Waals surface area contributed by atoms with Gasteiger partial charge in [-0.1, -0.05) is 17.4 Å². The Kier molecular flexibility index (Phi) is 4.93. The molecule has 1 saturated carbocycles. The zero-order valence-electron chi connectivity index (χ0n) is 15.3. The van der Waals surface area contributed by atoms with Gasteiger partial charge in [-0.3, -0.25) is 4.79 Å². The van der Waals surface area contributed by atoms with E-state index in [-0.39, 0.29) is 5.91 Å². The Hall–Kier alpha value is -2.68. The molecular weight excluding hydrogens is 366 g/mol. The molecule has 2 aromatic heterocycles. The first kappa shape index (κ1) is 17.7. The van der Waals surface area contributed by atoms with Crippen molar-refractivity contribution in [1.82, 2.24) is 25.1 Å². The monoisotopic (exact) mass is 387 g/mol. The number of hydrogen-bond acceptors (Lipinski definition) is 7. The second-order valence-electron chi connectivity index (χ2n) is 6.49. The van der Waals surface area contributed by atoms with E-state index in [0.717, 1.165) is 34.2 Å². The van der Waals surface area contributed by atoms with E-state index in [1.54, 1.807) is 14.2 Å². The van der Waals surface area contributed by atoms with Gasteiger partial charge in [-0.15, -0.1) is 10.2 Å². The highest BCUT2D eigenvalue weighted by Gasteiger charge is 2.30. The molecule has 142 valence electrons. The summed E-state index contributed by atoms with van der Waals surface area (Å²) in [4.78, 5) is 13.0. The van der Waals surface area contributed by atoms with Crippen molar-refractivity contribution in [3.63, 3.8) is 0 Å². The molecule has 1 aliphatic carbocycles. The number of hydrogen-bond donors (Lipinski definition) is 1. The number of aromatic nitrogens is 4. The molecule has 3 aromatic rings. The van der Waals surface area contributed by atoms with Crippen molar-refractivity contribution in [3.8, 4) is 11.5 Å². The number of fused-ring (bicyclic) bond motifs is 1. The molecule has 0 unspecified atom stereocenters. The number of benzene rings is 1. The summed E-state index contributed by atoms with van der Waals surface area (Å²) in [7, 11) is 3.19. The molecule has 1 N–H and O–H groups in total. The van der Waals surface area contributed by atoms with Crippen LogP contribution in [0.5, 0.6) is 11.5 Å². The highest BCUT2D eigenvalue weighted by Crippen LogP contribution is 2.39. The number of nitrogens with zero attached hydrogens (tertiary/aromatic N) is 4. The fourth-order valence-electron chi connectivity index (χ4n) is 2.87. The van der Waals surface area contributed by atoms with Crippen molar-refractivity contribution in [3.05, 3.63) is 34.6 Å². The van der Waals surface area contributed by atoms with Crippen LogP contribution in [-0.2, 0) is 17.8 Å². The molecule has 1 fully saturated rings. The van der Waals surface area contributed by atoms with Crippen LogP contribution in [0.15, 0.2) is 18.2 Å². The van der Waals surface area contributed by atoms with E-state index in [9.17, 15) is 4.79 Å². The molecule has 1 amide bonds. The Morgan fingerprint density at radius 2 is 2.07 bits per heavy atom. The second kappa shape index (κ2) is 7.51. The van der Waals surface area contributed by atoms with Gasteiger partial charge < -0.3 is 14.8 Å². The van der Waals surface area contributed by atoms with Crippen molar-refractivity contribution < 1.29 is 14.3 Å². The van der Waals surface area contributed by atoms with Gasteiger partial charge >= 0.3 is 0 Å². The van der Waals surface area contributed by atoms with Gasteiger partial charge in [0, 0.05) is 25.3 Å². The molecule has 0 radical (unpaired) electrons. The maximum Gasteiger partial charge on any atom is 0.234 e. The Morgan fingerprint density at radius 1 is 1.26 bits per heavy atom. The Bertz CT molecular complexity index is 963. The summed E-state index contributed by atoms with van der Waals surface area (Å²) in [6.07, 6.45) is 3.30. The summed E-state index contributed by atoms with van der Waals surface area (Å²) in [5.74, 6) is 2.75. The number of ether oxygens (including phenoxy) is 2. The van der Waals surface area contributed by atoms with E-state index >= 15 is 0 Å². The highest BCUT2D eigenvalue weighted by molar-refractivity contribution is 7.16. The number of methoxy groups -OCH3 is 2. The van der Waals surface area contributed by atoms with Gasteiger partial charge in [0.2, 0.25) is 10.9 Å². The third kappa shape index (κ3) is 3.87. The first-order valence-corrected chi connectivity index (χ1v) is 9.68. The Morgan fingerprint density at radius 3 is 2.81 bits per heavy atom. The van der Waals surface area contributed by atoms with E-state index in [0.29, 0.717) is 36.8 Å². The lowest BCUT2D eigenvalue weighted by atomic mass is 10.2. The van der Waals surface area contributed by atoms with Crippen LogP contribution in [-0.4, -0.2) is 39.9 Å². The van der Waals surface area contributed by atoms with Crippen LogP contribution in [0.25, 0.3) is 4.96 Å². The molecule has 4 rings (SSSR count). The quantitative estimate of drug-likeness (QED) is 0.638. The van der Waals surface area contributed by atoms with Crippen molar-refractivity contribution >= 4 is 22.2 Å². The Labute approximate surface area is 160 Å². The van der Waals surface area contributed by atoms with Gasteiger partial charge in [0.25, 0.3) is 0 Å². The number of carbonyl (C=O) groups excluding carboxylic acids is 1. The SMILES string of the molecule is COc1ccc(CNC(=O)CCc2nn3c(C4CC4)nnc3s2)cc1OC. The third-order valence-corrected chi connectivity index (χ3v) is 5.46. The van der Waals surface area contributed by atoms with Crippen molar-refractivity contribution in [1.29, 1.82) is 0 Å². The minimum atomic E-state index is -0.0156. The minimum Gasteiger partial charge on any atom is -0.493 e. The lowest BCUT2D eigenvalue weighted by Gasteiger charge is -2.10. The van der Waals surface area contributed by atoms with E-state index < -0.39 is 0 Å². The molecule has 8 nitrogen and oxygen atoms in total. The summed E-state index contributed by atoms with van der Waals surface area (Å²) < 4.78 is 12.3. The summed E-state index contributed by atoms with van der Waals surface area (Å²) in [5.41, 5.74) is 0.953. The number of rotatable bonds is 8. The number of carbonyl (C=O) groups is 1. The van der Waals surface area contributed by atoms with E-state index in [4.69, 9.17) is 9.47 Å². The van der Waals surface area contributed by atoms with Gasteiger partial charge in [-0.2, -0.15) is 9.61 Å². The summed E-state index contributed by atoms with van der Waals surface area (Å²) in [5, 5.41) is 16.8. The fraction of sp³-hybridized carbons (Fsp3) is 0.444. The molecule has 0 bridgehead atoms. The predicted octanol–water partition coefficient (Wildman–Crippen LogP) is 2.33. The van der Waals surface area contributed by atoms with Gasteiger partial charge in [0.05, 0.1) is 14.2 Å². The number of aryl methyl sites for hydroxylation is 1. The average Bonchev–Trinajstić information content (AvgIpc) is 3.33. The highest BCUT2D eigenvalue weighted by atomic mass is 32.1. The number of amides is 1. The second-order valence-corrected chi connectivity index (χ2v) is 7.53. The smallest absolute Gasteiger partial charge is 0.234 e. The molecule has 9 heteroatoms. The Balaban J connectivity index is 1.31. The summed E-state index contributed by atoms with van der Waals surface area (Å²) in [6, 6.07) is 5.60. The van der Waals surface area contributed by atoms with Crippen LogP contribution in [0.2, 0.25) is 0 Å². The van der Waals surface area contributed by atoms with Crippen LogP contribution < -0.4 is 14.8 Å². The molecule has 27 heavy (non-hydrogen) atoms. The molecule has 0 atom stereocenters. The van der Waals surface area contributed by atoms with E-state index in [2.05, 4.69) is 20.6 Å². The first-order valence-electron chi connectivity index (χ1n) is 8.86. The molecule has 0 spiro atoms. The van der Waals surface area contributed by atoms with Crippen LogP contribution >= 0.6 is 11.3 Å². The van der Waals surface area contributed by atoms with E-state index in [1.165, 1.54) is 11.3 Å². The molecule has 0 aliphatic heterocycles. The lowest BCUT2D eigenvalue weighted by Crippen LogP contribution is -2.23. The maximum absolute atomic E-state index is 12.2. The van der Waals surface area contributed by atoms with Crippen LogP contribution in [0, 0.1) is 0 Å². The van der Waals surface area contributed by atoms with Crippen LogP contribution in [0.3, 0.4) is 0 Å². The zero-order chi connectivity index (χ0) is 18.8. The van der Waals surface area contributed by atoms with Gasteiger partial charge in [0.1, 0.15) is 5.01 Å². The minimum absolute atomic E-state index is 0.0156. The van der Waals surface area contributed by atoms with Crippen molar-refractivity contribution in [2.45, 2.75) is 38.1 Å². The predicted molar refractivity (Wildman–Crippen MR) is 100 cm³/mol. The normalized spacial score (nSPS) is 13.7. The fourth-order valence-corrected chi connectivity index (χ4v) is 3.71. The van der Waals surface area contributed by atoms with Gasteiger partial charge in [0.15, 0.2) is 17.3 Å².